The zero-order valence-electron chi connectivity index (χ0n) is 14.5. The van der Waals surface area contributed by atoms with Crippen molar-refractivity contribution in [1.29, 1.82) is 0 Å². The molecule has 0 amide bonds. The first-order valence-corrected chi connectivity index (χ1v) is 8.53. The van der Waals surface area contributed by atoms with Crippen LogP contribution in [0.5, 0.6) is 0 Å². The van der Waals surface area contributed by atoms with Crippen LogP contribution in [0.2, 0.25) is 0 Å². The zero-order valence-corrected chi connectivity index (χ0v) is 14.5. The first-order chi connectivity index (χ1) is 12.1. The number of nitrogens with one attached hydrogen (secondary N) is 1. The summed E-state index contributed by atoms with van der Waals surface area (Å²) in [6.07, 6.45) is -0.106. The van der Waals surface area contributed by atoms with Gasteiger partial charge in [-0.1, -0.05) is 12.1 Å². The minimum atomic E-state index is -0.106. The van der Waals surface area contributed by atoms with Gasteiger partial charge >= 0.3 is 0 Å². The molecule has 0 spiro atoms. The Kier molecular flexibility index (Phi) is 2.86. The summed E-state index contributed by atoms with van der Waals surface area (Å²) in [6, 6.07) is 16.7. The number of nitrogens with zero attached hydrogens (tertiary/aromatic N) is 2. The maximum Gasteiger partial charge on any atom is 0.165 e. The predicted molar refractivity (Wildman–Crippen MR) is 99.8 cm³/mol. The number of benzene rings is 2. The lowest BCUT2D eigenvalue weighted by Crippen LogP contribution is -2.24. The van der Waals surface area contributed by atoms with E-state index in [2.05, 4.69) is 54.1 Å². The molecule has 1 atom stereocenters. The maximum atomic E-state index is 5.96. The Morgan fingerprint density at radius 3 is 2.60 bits per heavy atom. The van der Waals surface area contributed by atoms with E-state index in [0.717, 1.165) is 39.6 Å². The van der Waals surface area contributed by atoms with E-state index in [0.29, 0.717) is 0 Å². The number of hydrogen-bond donors (Lipinski definition) is 1. The lowest BCUT2D eigenvalue weighted by molar-refractivity contribution is 0.437. The van der Waals surface area contributed by atoms with Crippen molar-refractivity contribution >= 4 is 16.7 Å². The van der Waals surface area contributed by atoms with Gasteiger partial charge in [-0.3, -0.25) is 4.57 Å². The molecule has 25 heavy (non-hydrogen) atoms. The first-order valence-electron chi connectivity index (χ1n) is 8.53. The number of imidazole rings is 1. The molecule has 1 aliphatic heterocycles. The molecule has 2 aromatic heterocycles. The van der Waals surface area contributed by atoms with Crippen LogP contribution in [0.25, 0.3) is 22.4 Å². The molecule has 4 heteroatoms. The van der Waals surface area contributed by atoms with Gasteiger partial charge < -0.3 is 9.73 Å². The van der Waals surface area contributed by atoms with Crippen molar-refractivity contribution in [3.8, 4) is 11.4 Å². The minimum Gasteiger partial charge on any atom is -0.462 e. The van der Waals surface area contributed by atoms with Crippen molar-refractivity contribution in [2.45, 2.75) is 26.9 Å². The van der Waals surface area contributed by atoms with E-state index in [1.807, 2.05) is 25.1 Å². The van der Waals surface area contributed by atoms with Crippen LogP contribution in [0.15, 0.2) is 52.9 Å². The highest BCUT2D eigenvalue weighted by Gasteiger charge is 2.30. The molecule has 1 unspecified atom stereocenters. The largest absolute Gasteiger partial charge is 0.462 e. The monoisotopic (exact) mass is 329 g/mol. The van der Waals surface area contributed by atoms with Crippen LogP contribution in [0.1, 0.15) is 28.8 Å². The van der Waals surface area contributed by atoms with E-state index in [4.69, 9.17) is 9.40 Å². The van der Waals surface area contributed by atoms with Crippen molar-refractivity contribution in [2.24, 2.45) is 0 Å². The van der Waals surface area contributed by atoms with Gasteiger partial charge in [0.25, 0.3) is 0 Å². The van der Waals surface area contributed by atoms with E-state index < -0.39 is 0 Å². The predicted octanol–water partition coefficient (Wildman–Crippen LogP) is 5.19. The summed E-state index contributed by atoms with van der Waals surface area (Å²) >= 11 is 0. The van der Waals surface area contributed by atoms with Gasteiger partial charge in [0.15, 0.2) is 6.17 Å². The standard InChI is InChI=1S/C21H19N3O/c1-12-10-17-18(11-13(12)2)24-20(23-17)15-6-4-5-7-16(15)22-21(24)19-9-8-14(3)25-19/h4-11,21-22H,1-3H3. The lowest BCUT2D eigenvalue weighted by Gasteiger charge is -2.28. The van der Waals surface area contributed by atoms with Gasteiger partial charge in [0.05, 0.1) is 11.0 Å². The molecule has 4 aromatic rings. The number of aromatic nitrogens is 2. The van der Waals surface area contributed by atoms with E-state index in [9.17, 15) is 0 Å². The summed E-state index contributed by atoms with van der Waals surface area (Å²) in [4.78, 5) is 4.96. The van der Waals surface area contributed by atoms with Gasteiger partial charge in [-0.05, 0) is 68.3 Å². The Morgan fingerprint density at radius 1 is 1.00 bits per heavy atom. The van der Waals surface area contributed by atoms with Gasteiger partial charge in [0, 0.05) is 11.3 Å². The van der Waals surface area contributed by atoms with Crippen molar-refractivity contribution in [3.63, 3.8) is 0 Å². The molecular formula is C21H19N3O. The van der Waals surface area contributed by atoms with Crippen LogP contribution in [0.4, 0.5) is 5.69 Å². The SMILES string of the molecule is Cc1ccc(C2Nc3ccccc3-c3nc4cc(C)c(C)cc4n32)o1. The average molecular weight is 329 g/mol. The third kappa shape index (κ3) is 2.03. The molecular weight excluding hydrogens is 310 g/mol. The van der Waals surface area contributed by atoms with Gasteiger partial charge in [-0.2, -0.15) is 0 Å². The Balaban J connectivity index is 1.85. The third-order valence-corrected chi connectivity index (χ3v) is 5.05. The van der Waals surface area contributed by atoms with Crippen molar-refractivity contribution in [2.75, 3.05) is 5.32 Å². The molecule has 0 saturated carbocycles. The molecule has 5 rings (SSSR count). The molecule has 2 aromatic carbocycles. The Hall–Kier alpha value is -3.01. The normalized spacial score (nSPS) is 15.7. The Labute approximate surface area is 146 Å². The van der Waals surface area contributed by atoms with Gasteiger partial charge in [-0.25, -0.2) is 4.98 Å². The number of rotatable bonds is 1. The van der Waals surface area contributed by atoms with Crippen molar-refractivity contribution < 1.29 is 4.42 Å². The molecule has 124 valence electrons. The second-order valence-corrected chi connectivity index (χ2v) is 6.77. The average Bonchev–Trinajstić information content (AvgIpc) is 3.19. The smallest absolute Gasteiger partial charge is 0.165 e. The molecule has 1 N–H and O–H groups in total. The lowest BCUT2D eigenvalue weighted by atomic mass is 10.1. The second-order valence-electron chi connectivity index (χ2n) is 6.77. The number of furan rings is 1. The van der Waals surface area contributed by atoms with Crippen molar-refractivity contribution in [1.82, 2.24) is 9.55 Å². The Bertz CT molecular complexity index is 1120. The summed E-state index contributed by atoms with van der Waals surface area (Å²) < 4.78 is 8.21. The molecule has 4 nitrogen and oxygen atoms in total. The number of hydrogen-bond acceptors (Lipinski definition) is 3. The van der Waals surface area contributed by atoms with Gasteiger partial charge in [0.1, 0.15) is 17.3 Å². The van der Waals surface area contributed by atoms with Crippen LogP contribution in [-0.4, -0.2) is 9.55 Å². The third-order valence-electron chi connectivity index (χ3n) is 5.05. The first kappa shape index (κ1) is 14.3. The summed E-state index contributed by atoms with van der Waals surface area (Å²) in [5.74, 6) is 2.79. The minimum absolute atomic E-state index is 0.106. The second kappa shape index (κ2) is 4.99. The van der Waals surface area contributed by atoms with Gasteiger partial charge in [0.2, 0.25) is 0 Å². The number of anilines is 1. The van der Waals surface area contributed by atoms with Crippen LogP contribution >= 0.6 is 0 Å². The quantitative estimate of drug-likeness (QED) is 0.522. The van der Waals surface area contributed by atoms with E-state index >= 15 is 0 Å². The highest BCUT2D eigenvalue weighted by Crippen LogP contribution is 2.41. The summed E-state index contributed by atoms with van der Waals surface area (Å²) in [5.41, 5.74) is 6.87. The van der Waals surface area contributed by atoms with E-state index in [-0.39, 0.29) is 6.17 Å². The fourth-order valence-corrected chi connectivity index (χ4v) is 3.62. The molecule has 1 aliphatic rings. The number of para-hydroxylation sites is 1. The molecule has 3 heterocycles. The molecule has 0 saturated heterocycles. The molecule has 0 radical (unpaired) electrons. The number of aryl methyl sites for hydroxylation is 3. The zero-order chi connectivity index (χ0) is 17.1. The fourth-order valence-electron chi connectivity index (χ4n) is 3.62. The summed E-state index contributed by atoms with van der Waals surface area (Å²) in [6.45, 7) is 6.25. The summed E-state index contributed by atoms with van der Waals surface area (Å²) in [7, 11) is 0. The topological polar surface area (TPSA) is 43.0 Å². The van der Waals surface area contributed by atoms with E-state index in [1.54, 1.807) is 0 Å². The van der Waals surface area contributed by atoms with Crippen molar-refractivity contribution in [3.05, 3.63) is 71.2 Å². The van der Waals surface area contributed by atoms with Crippen LogP contribution < -0.4 is 5.32 Å². The maximum absolute atomic E-state index is 5.96. The molecule has 0 fully saturated rings. The fraction of sp³-hybridized carbons (Fsp3) is 0.190. The number of fused-ring (bicyclic) bond motifs is 5. The van der Waals surface area contributed by atoms with Crippen LogP contribution in [-0.2, 0) is 0 Å². The summed E-state index contributed by atoms with van der Waals surface area (Å²) in [5, 5.41) is 3.62. The van der Waals surface area contributed by atoms with E-state index in [1.165, 1.54) is 11.1 Å². The highest BCUT2D eigenvalue weighted by molar-refractivity contribution is 5.87. The van der Waals surface area contributed by atoms with Crippen LogP contribution in [0.3, 0.4) is 0 Å². The highest BCUT2D eigenvalue weighted by atomic mass is 16.3. The van der Waals surface area contributed by atoms with Gasteiger partial charge in [-0.15, -0.1) is 0 Å². The molecule has 0 bridgehead atoms. The Morgan fingerprint density at radius 2 is 1.80 bits per heavy atom. The molecule has 0 aliphatic carbocycles. The van der Waals surface area contributed by atoms with Crippen LogP contribution in [0, 0.1) is 20.8 Å².